The van der Waals surface area contributed by atoms with E-state index < -0.39 is 0 Å². The van der Waals surface area contributed by atoms with Crippen LogP contribution in [0.15, 0.2) is 23.1 Å². The lowest BCUT2D eigenvalue weighted by Gasteiger charge is -2.40. The molecule has 2 aromatic heterocycles. The molecule has 3 heterocycles. The summed E-state index contributed by atoms with van der Waals surface area (Å²) in [6, 6.07) is -0.157. The summed E-state index contributed by atoms with van der Waals surface area (Å²) < 4.78 is 7.21. The topological polar surface area (TPSA) is 93.3 Å². The maximum atomic E-state index is 12.9. The number of anilines is 1. The summed E-state index contributed by atoms with van der Waals surface area (Å²) >= 11 is 0. The van der Waals surface area contributed by atoms with Gasteiger partial charge in [0, 0.05) is 20.0 Å². The van der Waals surface area contributed by atoms with Crippen LogP contribution >= 0.6 is 0 Å². The largest absolute Gasteiger partial charge is 0.429 e. The number of likely N-dealkylation sites (tertiary alicyclic amines) is 1. The van der Waals surface area contributed by atoms with E-state index in [9.17, 15) is 9.59 Å². The van der Waals surface area contributed by atoms with Crippen LogP contribution < -0.4 is 5.32 Å². The monoisotopic (exact) mass is 345 g/mol. The van der Waals surface area contributed by atoms with E-state index in [0.717, 1.165) is 12.1 Å². The zero-order valence-electron chi connectivity index (χ0n) is 14.7. The van der Waals surface area contributed by atoms with Gasteiger partial charge in [-0.3, -0.25) is 14.9 Å². The molecule has 0 radical (unpaired) electrons. The Morgan fingerprint density at radius 1 is 1.44 bits per heavy atom. The molecule has 0 aliphatic carbocycles. The lowest BCUT2D eigenvalue weighted by molar-refractivity contribution is -0.142. The molecule has 2 atom stereocenters. The smallest absolute Gasteiger partial charge is 0.301 e. The number of oxazole rings is 1. The highest BCUT2D eigenvalue weighted by Crippen LogP contribution is 2.37. The lowest BCUT2D eigenvalue weighted by Crippen LogP contribution is -2.47. The van der Waals surface area contributed by atoms with E-state index in [1.54, 1.807) is 30.5 Å². The van der Waals surface area contributed by atoms with Gasteiger partial charge < -0.3 is 13.9 Å². The van der Waals surface area contributed by atoms with Gasteiger partial charge in [0.05, 0.1) is 36.4 Å². The van der Waals surface area contributed by atoms with Gasteiger partial charge >= 0.3 is 6.01 Å². The van der Waals surface area contributed by atoms with Crippen molar-refractivity contribution < 1.29 is 14.0 Å². The minimum absolute atomic E-state index is 0.0732. The molecule has 25 heavy (non-hydrogen) atoms. The molecule has 0 aromatic carbocycles. The first-order valence-corrected chi connectivity index (χ1v) is 8.50. The van der Waals surface area contributed by atoms with Crippen molar-refractivity contribution in [2.75, 3.05) is 11.9 Å². The summed E-state index contributed by atoms with van der Waals surface area (Å²) in [5, 5.41) is 2.74. The highest BCUT2D eigenvalue weighted by molar-refractivity contribution is 5.93. The Kier molecular flexibility index (Phi) is 4.87. The molecule has 2 amide bonds. The van der Waals surface area contributed by atoms with E-state index in [0.29, 0.717) is 25.1 Å². The maximum absolute atomic E-state index is 12.9. The fraction of sp³-hybridized carbons (Fsp3) is 0.529. The SMILES string of the molecule is CCCN1C(=O)CC[C@H](C(=O)Nc2ncc(C)o2)[C@H]1c1cncn1C. The Bertz CT molecular complexity index is 766. The van der Waals surface area contributed by atoms with Gasteiger partial charge in [0.1, 0.15) is 5.76 Å². The number of piperidine rings is 1. The van der Waals surface area contributed by atoms with Crippen molar-refractivity contribution >= 4 is 17.8 Å². The second-order valence-electron chi connectivity index (χ2n) is 6.37. The third kappa shape index (κ3) is 3.42. The summed E-state index contributed by atoms with van der Waals surface area (Å²) in [6.45, 7) is 4.40. The summed E-state index contributed by atoms with van der Waals surface area (Å²) in [4.78, 5) is 35.3. The highest BCUT2D eigenvalue weighted by Gasteiger charge is 2.41. The number of carbonyl (C=O) groups is 2. The number of imidazole rings is 1. The van der Waals surface area contributed by atoms with E-state index in [4.69, 9.17) is 4.42 Å². The zero-order valence-corrected chi connectivity index (χ0v) is 14.7. The molecule has 1 N–H and O–H groups in total. The zero-order chi connectivity index (χ0) is 18.0. The van der Waals surface area contributed by atoms with Crippen LogP contribution in [0.1, 0.15) is 43.7 Å². The second kappa shape index (κ2) is 7.08. The number of aryl methyl sites for hydroxylation is 2. The molecule has 8 heteroatoms. The number of nitrogens with zero attached hydrogens (tertiary/aromatic N) is 4. The molecule has 1 fully saturated rings. The fourth-order valence-electron chi connectivity index (χ4n) is 3.36. The normalized spacial score (nSPS) is 20.8. The van der Waals surface area contributed by atoms with Crippen LogP contribution in [0.3, 0.4) is 0 Å². The molecule has 1 aliphatic rings. The average Bonchev–Trinajstić information content (AvgIpc) is 3.17. The first kappa shape index (κ1) is 17.2. The third-order valence-electron chi connectivity index (χ3n) is 4.52. The van der Waals surface area contributed by atoms with Gasteiger partial charge in [0.25, 0.3) is 0 Å². The van der Waals surface area contributed by atoms with Gasteiger partial charge in [-0.15, -0.1) is 0 Å². The van der Waals surface area contributed by atoms with E-state index in [2.05, 4.69) is 15.3 Å². The van der Waals surface area contributed by atoms with Crippen LogP contribution in [0, 0.1) is 12.8 Å². The van der Waals surface area contributed by atoms with Gasteiger partial charge in [-0.2, -0.15) is 0 Å². The Balaban J connectivity index is 1.90. The lowest BCUT2D eigenvalue weighted by atomic mass is 9.85. The fourth-order valence-corrected chi connectivity index (χ4v) is 3.36. The minimum atomic E-state index is -0.383. The van der Waals surface area contributed by atoms with Crippen LogP contribution in [0.5, 0.6) is 0 Å². The second-order valence-corrected chi connectivity index (χ2v) is 6.37. The molecule has 0 bridgehead atoms. The molecular weight excluding hydrogens is 322 g/mol. The molecule has 1 aliphatic heterocycles. The third-order valence-corrected chi connectivity index (χ3v) is 4.52. The van der Waals surface area contributed by atoms with Crippen molar-refractivity contribution in [3.05, 3.63) is 30.2 Å². The number of aromatic nitrogens is 3. The van der Waals surface area contributed by atoms with Crippen LogP contribution in [-0.2, 0) is 16.6 Å². The molecule has 0 spiro atoms. The predicted molar refractivity (Wildman–Crippen MR) is 90.5 cm³/mol. The predicted octanol–water partition coefficient (Wildman–Crippen LogP) is 2.04. The van der Waals surface area contributed by atoms with Crippen molar-refractivity contribution in [3.8, 4) is 0 Å². The number of amides is 2. The number of hydrogen-bond acceptors (Lipinski definition) is 5. The van der Waals surface area contributed by atoms with E-state index in [1.165, 1.54) is 0 Å². The first-order valence-electron chi connectivity index (χ1n) is 8.50. The summed E-state index contributed by atoms with van der Waals surface area (Å²) in [5.41, 5.74) is 0.852. The molecular formula is C17H23N5O3. The first-order chi connectivity index (χ1) is 12.0. The van der Waals surface area contributed by atoms with Crippen LogP contribution in [0.25, 0.3) is 0 Å². The molecule has 134 valence electrons. The van der Waals surface area contributed by atoms with E-state index in [-0.39, 0.29) is 29.8 Å². The van der Waals surface area contributed by atoms with Crippen LogP contribution in [0.2, 0.25) is 0 Å². The van der Waals surface area contributed by atoms with Crippen molar-refractivity contribution in [2.24, 2.45) is 13.0 Å². The Labute approximate surface area is 146 Å². The van der Waals surface area contributed by atoms with Gasteiger partial charge in [-0.05, 0) is 19.8 Å². The van der Waals surface area contributed by atoms with Crippen molar-refractivity contribution in [3.63, 3.8) is 0 Å². The quantitative estimate of drug-likeness (QED) is 0.895. The summed E-state index contributed by atoms with van der Waals surface area (Å²) in [7, 11) is 1.87. The van der Waals surface area contributed by atoms with Gasteiger partial charge in [0.2, 0.25) is 11.8 Å². The van der Waals surface area contributed by atoms with Gasteiger partial charge in [-0.25, -0.2) is 9.97 Å². The van der Waals surface area contributed by atoms with Gasteiger partial charge in [-0.1, -0.05) is 6.92 Å². The standard InChI is InChI=1S/C17H23N5O3/c1-4-7-22-14(23)6-5-12(15(22)13-9-18-10-21(13)3)16(24)20-17-19-8-11(2)25-17/h8-10,12,15H,4-7H2,1-3H3,(H,19,20,24)/t12-,15-/m0/s1. The minimum Gasteiger partial charge on any atom is -0.429 e. The Morgan fingerprint density at radius 3 is 2.84 bits per heavy atom. The number of rotatable bonds is 5. The number of carbonyl (C=O) groups excluding carboxylic acids is 2. The Hall–Kier alpha value is -2.64. The van der Waals surface area contributed by atoms with Crippen molar-refractivity contribution in [2.45, 2.75) is 39.2 Å². The molecule has 2 aromatic rings. The highest BCUT2D eigenvalue weighted by atomic mass is 16.4. The Morgan fingerprint density at radius 2 is 2.24 bits per heavy atom. The average molecular weight is 345 g/mol. The van der Waals surface area contributed by atoms with Crippen molar-refractivity contribution in [1.82, 2.24) is 19.4 Å². The molecule has 1 saturated heterocycles. The molecule has 3 rings (SSSR count). The number of nitrogens with one attached hydrogen (secondary N) is 1. The number of hydrogen-bond donors (Lipinski definition) is 1. The van der Waals surface area contributed by atoms with Crippen LogP contribution in [-0.4, -0.2) is 37.8 Å². The maximum Gasteiger partial charge on any atom is 0.301 e. The summed E-state index contributed by atoms with van der Waals surface area (Å²) in [6.07, 6.45) is 6.64. The van der Waals surface area contributed by atoms with Crippen molar-refractivity contribution in [1.29, 1.82) is 0 Å². The van der Waals surface area contributed by atoms with Crippen LogP contribution in [0.4, 0.5) is 6.01 Å². The van der Waals surface area contributed by atoms with Gasteiger partial charge in [0.15, 0.2) is 0 Å². The molecule has 8 nitrogen and oxygen atoms in total. The summed E-state index contributed by atoms with van der Waals surface area (Å²) in [5.74, 6) is 0.127. The van der Waals surface area contributed by atoms with E-state index in [1.807, 2.05) is 18.5 Å². The molecule has 0 unspecified atom stereocenters. The van der Waals surface area contributed by atoms with E-state index >= 15 is 0 Å². The molecule has 0 saturated carbocycles.